The molecule has 0 radical (unpaired) electrons. The number of alkyl halides is 1. The SMILES string of the molecule is [2H]C([2H])(O[P@@](=O)(C[C@@H](C)C(=O)OC(C)C)Oc1ccccc1)[C@H]1O[C@@H](n2cnc3cnc(N)nc32)C(F)(C#CCl)[C@H]1O. The number of rotatable bonds is 10. The summed E-state index contributed by atoms with van der Waals surface area (Å²) in [4.78, 5) is 24.4. The van der Waals surface area contributed by atoms with E-state index >= 15 is 4.39 Å². The maximum absolute atomic E-state index is 16.4. The number of ether oxygens (including phenoxy) is 2. The van der Waals surface area contributed by atoms with Crippen molar-refractivity contribution in [2.24, 2.45) is 5.92 Å². The number of aliphatic hydroxyl groups is 1. The minimum absolute atomic E-state index is 0.00389. The fourth-order valence-electron chi connectivity index (χ4n) is 3.88. The van der Waals surface area contributed by atoms with E-state index in [0.717, 1.165) is 10.9 Å². The highest BCUT2D eigenvalue weighted by Gasteiger charge is 2.58. The first-order valence-corrected chi connectivity index (χ1v) is 14.1. The van der Waals surface area contributed by atoms with Crippen LogP contribution < -0.4 is 10.3 Å². The van der Waals surface area contributed by atoms with Gasteiger partial charge in [-0.05, 0) is 43.5 Å². The van der Waals surface area contributed by atoms with Crippen molar-refractivity contribution in [3.05, 3.63) is 42.9 Å². The van der Waals surface area contributed by atoms with Gasteiger partial charge >= 0.3 is 13.6 Å². The molecule has 1 unspecified atom stereocenters. The molecule has 6 atom stereocenters. The van der Waals surface area contributed by atoms with Crippen molar-refractivity contribution in [2.45, 2.75) is 51.0 Å². The first kappa shape index (κ1) is 26.9. The minimum atomic E-state index is -4.59. The number of nitrogens with two attached hydrogens (primary N) is 1. The number of hydrogen-bond donors (Lipinski definition) is 2. The molecule has 12 nitrogen and oxygen atoms in total. The van der Waals surface area contributed by atoms with E-state index in [-0.39, 0.29) is 22.9 Å². The Morgan fingerprint density at radius 1 is 1.38 bits per heavy atom. The molecule has 0 saturated carbocycles. The van der Waals surface area contributed by atoms with Gasteiger partial charge in [-0.25, -0.2) is 18.9 Å². The van der Waals surface area contributed by atoms with Gasteiger partial charge in [-0.3, -0.25) is 13.9 Å². The first-order valence-electron chi connectivity index (χ1n) is 13.0. The lowest BCUT2D eigenvalue weighted by Gasteiger charge is -2.24. The van der Waals surface area contributed by atoms with Crippen LogP contribution in [0.2, 0.25) is 0 Å². The topological polar surface area (TPSA) is 161 Å². The van der Waals surface area contributed by atoms with Crippen LogP contribution in [0.1, 0.15) is 29.7 Å². The Morgan fingerprint density at radius 3 is 2.77 bits per heavy atom. The van der Waals surface area contributed by atoms with E-state index in [2.05, 4.69) is 15.0 Å². The summed E-state index contributed by atoms with van der Waals surface area (Å²) in [5.74, 6) is 0.107. The molecule has 0 amide bonds. The molecule has 1 aromatic carbocycles. The Hall–Kier alpha value is -3.27. The van der Waals surface area contributed by atoms with Gasteiger partial charge in [-0.1, -0.05) is 25.1 Å². The number of nitrogens with zero attached hydrogens (tertiary/aromatic N) is 4. The van der Waals surface area contributed by atoms with Crippen LogP contribution >= 0.6 is 19.2 Å². The van der Waals surface area contributed by atoms with Crippen molar-refractivity contribution in [3.63, 3.8) is 0 Å². The zero-order chi connectivity index (χ0) is 30.9. The zero-order valence-electron chi connectivity index (χ0n) is 23.6. The fourth-order valence-corrected chi connectivity index (χ4v) is 5.74. The monoisotopic (exact) mass is 597 g/mol. The number of nitrogen functional groups attached to an aromatic ring is 1. The number of anilines is 1. The van der Waals surface area contributed by atoms with Crippen LogP contribution in [0.3, 0.4) is 0 Å². The summed E-state index contributed by atoms with van der Waals surface area (Å²) in [7, 11) is -4.59. The average Bonchev–Trinajstić information content (AvgIpc) is 3.41. The van der Waals surface area contributed by atoms with Crippen molar-refractivity contribution in [1.29, 1.82) is 0 Å². The fraction of sp³-hybridized carbons (Fsp3) is 0.440. The molecule has 1 saturated heterocycles. The Morgan fingerprint density at radius 2 is 2.10 bits per heavy atom. The zero-order valence-corrected chi connectivity index (χ0v) is 23.3. The van der Waals surface area contributed by atoms with Gasteiger partial charge in [0.25, 0.3) is 0 Å². The largest absolute Gasteiger partial charge is 0.463 e. The molecule has 15 heteroatoms. The van der Waals surface area contributed by atoms with E-state index in [9.17, 15) is 14.5 Å². The molecule has 3 N–H and O–H groups in total. The predicted octanol–water partition coefficient (Wildman–Crippen LogP) is 3.45. The Balaban J connectivity index is 1.69. The number of carbonyl (C=O) groups is 1. The minimum Gasteiger partial charge on any atom is -0.463 e. The van der Waals surface area contributed by atoms with E-state index < -0.39 is 62.4 Å². The van der Waals surface area contributed by atoms with E-state index in [1.165, 1.54) is 25.3 Å². The number of aliphatic hydroxyl groups excluding tert-OH is 1. The molecule has 4 rings (SSSR count). The maximum atomic E-state index is 16.4. The second kappa shape index (κ2) is 12.1. The van der Waals surface area contributed by atoms with Gasteiger partial charge < -0.3 is 24.8 Å². The van der Waals surface area contributed by atoms with Gasteiger partial charge in [-0.15, -0.1) is 0 Å². The van der Waals surface area contributed by atoms with Gasteiger partial charge in [0.15, 0.2) is 11.9 Å². The third kappa shape index (κ3) is 6.37. The molecule has 3 heterocycles. The molecule has 214 valence electrons. The van der Waals surface area contributed by atoms with E-state index in [4.69, 9.17) is 38.6 Å². The standard InChI is InChI=1S/C25H28ClFN5O7P/c1-15(2)37-22(34)16(3)13-40(35,39-17-7-5-4-6-8-17)36-12-19-20(33)25(27,9-10-26)23(38-19)32-14-30-18-11-29-24(28)31-21(18)32/h4-8,11,14-16,19-20,23,33H,12-13H2,1-3H3,(H2,28,29,31)/t16-,19-,20+,23-,25?,40+/m1/s1/i12D2. The molecule has 0 spiro atoms. The predicted molar refractivity (Wildman–Crippen MR) is 143 cm³/mol. The molecular weight excluding hydrogens is 568 g/mol. The number of para-hydroxylation sites is 1. The van der Waals surface area contributed by atoms with Crippen LogP contribution in [0.4, 0.5) is 10.3 Å². The van der Waals surface area contributed by atoms with Crippen LogP contribution in [-0.4, -0.2) is 67.3 Å². The van der Waals surface area contributed by atoms with Crippen LogP contribution in [0, 0.1) is 17.2 Å². The first-order chi connectivity index (χ1) is 19.7. The molecule has 1 aliphatic rings. The number of imidazole rings is 1. The highest BCUT2D eigenvalue weighted by atomic mass is 35.5. The normalized spacial score (nSPS) is 25.8. The summed E-state index contributed by atoms with van der Waals surface area (Å²) in [6.45, 7) is 1.48. The number of fused-ring (bicyclic) bond motifs is 1. The van der Waals surface area contributed by atoms with E-state index in [1.54, 1.807) is 32.0 Å². The van der Waals surface area contributed by atoms with Gasteiger partial charge in [0.1, 0.15) is 23.5 Å². The van der Waals surface area contributed by atoms with Gasteiger partial charge in [0.05, 0.1) is 40.0 Å². The highest BCUT2D eigenvalue weighted by molar-refractivity contribution is 7.54. The molecule has 40 heavy (non-hydrogen) atoms. The van der Waals surface area contributed by atoms with Crippen molar-refractivity contribution in [1.82, 2.24) is 19.5 Å². The van der Waals surface area contributed by atoms with Crippen LogP contribution in [-0.2, 0) is 23.4 Å². The van der Waals surface area contributed by atoms with E-state index in [0.29, 0.717) is 0 Å². The quantitative estimate of drug-likeness (QED) is 0.200. The van der Waals surface area contributed by atoms with Crippen LogP contribution in [0.5, 0.6) is 5.75 Å². The Kier molecular flexibility index (Phi) is 8.13. The molecule has 0 bridgehead atoms. The van der Waals surface area contributed by atoms with Crippen LogP contribution in [0.25, 0.3) is 11.2 Å². The van der Waals surface area contributed by atoms with Gasteiger partial charge in [0.2, 0.25) is 11.6 Å². The summed E-state index contributed by atoms with van der Waals surface area (Å²) in [5, 5.41) is 12.9. The lowest BCUT2D eigenvalue weighted by Crippen LogP contribution is -2.42. The Bertz CT molecular complexity index is 1560. The Labute approximate surface area is 237 Å². The summed E-state index contributed by atoms with van der Waals surface area (Å²) in [5.41, 5.74) is 2.82. The van der Waals surface area contributed by atoms with Gasteiger partial charge in [-0.2, -0.15) is 4.98 Å². The molecule has 1 aliphatic heterocycles. The summed E-state index contributed by atoms with van der Waals surface area (Å²) in [6.07, 6.45) is -5.05. The van der Waals surface area contributed by atoms with E-state index in [1.807, 2.05) is 11.3 Å². The number of benzene rings is 1. The van der Waals surface area contributed by atoms with Crippen molar-refractivity contribution < 1.29 is 40.1 Å². The summed E-state index contributed by atoms with van der Waals surface area (Å²) < 4.78 is 70.6. The third-order valence-electron chi connectivity index (χ3n) is 5.73. The smallest absolute Gasteiger partial charge is 0.380 e. The number of halogens is 2. The second-order valence-corrected chi connectivity index (χ2v) is 11.4. The number of hydrogen-bond acceptors (Lipinski definition) is 11. The molecule has 1 fully saturated rings. The number of aromatic nitrogens is 4. The lowest BCUT2D eigenvalue weighted by atomic mass is 9.97. The summed E-state index contributed by atoms with van der Waals surface area (Å²) in [6, 6.07) is 7.71. The molecular formula is C25H28ClFN5O7P. The maximum Gasteiger partial charge on any atom is 0.380 e. The van der Waals surface area contributed by atoms with Crippen molar-refractivity contribution in [2.75, 3.05) is 18.5 Å². The third-order valence-corrected chi connectivity index (χ3v) is 7.69. The number of esters is 1. The van der Waals surface area contributed by atoms with Crippen molar-refractivity contribution in [3.8, 4) is 17.0 Å². The average molecular weight is 598 g/mol. The second-order valence-electron chi connectivity index (χ2n) is 9.22. The molecule has 3 aromatic rings. The number of carbonyl (C=O) groups excluding carboxylic acids is 1. The molecule has 0 aliphatic carbocycles. The van der Waals surface area contributed by atoms with Gasteiger partial charge in [0, 0.05) is 5.38 Å². The summed E-state index contributed by atoms with van der Waals surface area (Å²) >= 11 is 5.52. The van der Waals surface area contributed by atoms with Crippen LogP contribution in [0.15, 0.2) is 42.9 Å². The molecule has 2 aromatic heterocycles. The van der Waals surface area contributed by atoms with Crippen molar-refractivity contribution >= 4 is 42.3 Å². The lowest BCUT2D eigenvalue weighted by molar-refractivity contribution is -0.151. The highest BCUT2D eigenvalue weighted by Crippen LogP contribution is 2.51.